The smallest absolute Gasteiger partial charge is 0.0294 e. The Hall–Kier alpha value is -0.820. The molecule has 1 saturated carbocycles. The summed E-state index contributed by atoms with van der Waals surface area (Å²) in [6, 6.07) is 11.9. The van der Waals surface area contributed by atoms with Crippen molar-refractivity contribution in [1.29, 1.82) is 0 Å². The monoisotopic (exact) mass is 259 g/mol. The molecule has 0 radical (unpaired) electrons. The summed E-state index contributed by atoms with van der Waals surface area (Å²) in [6.07, 6.45) is 3.90. The van der Waals surface area contributed by atoms with Crippen LogP contribution < -0.4 is 5.32 Å². The van der Waals surface area contributed by atoms with Gasteiger partial charge in [-0.1, -0.05) is 58.0 Å². The lowest BCUT2D eigenvalue weighted by Gasteiger charge is -2.46. The minimum absolute atomic E-state index is 0.441. The Kier molecular flexibility index (Phi) is 4.06. The molecule has 0 aliphatic heterocycles. The van der Waals surface area contributed by atoms with Crippen LogP contribution in [-0.2, 0) is 0 Å². The molecule has 1 nitrogen and oxygen atoms in total. The van der Waals surface area contributed by atoms with Gasteiger partial charge in [0.1, 0.15) is 0 Å². The van der Waals surface area contributed by atoms with Gasteiger partial charge >= 0.3 is 0 Å². The first-order valence-electron chi connectivity index (χ1n) is 7.58. The number of hydrogen-bond acceptors (Lipinski definition) is 1. The van der Waals surface area contributed by atoms with Crippen LogP contribution in [0.1, 0.15) is 65.5 Å². The van der Waals surface area contributed by atoms with Crippen molar-refractivity contribution in [2.24, 2.45) is 10.8 Å². The number of benzene rings is 1. The van der Waals surface area contributed by atoms with E-state index in [0.717, 1.165) is 0 Å². The molecule has 19 heavy (non-hydrogen) atoms. The Morgan fingerprint density at radius 1 is 1.00 bits per heavy atom. The van der Waals surface area contributed by atoms with Gasteiger partial charge < -0.3 is 5.32 Å². The van der Waals surface area contributed by atoms with Crippen LogP contribution in [0.4, 0.5) is 0 Å². The summed E-state index contributed by atoms with van der Waals surface area (Å²) in [4.78, 5) is 0. The number of nitrogens with one attached hydrogen (secondary N) is 1. The molecule has 1 aromatic rings. The van der Waals surface area contributed by atoms with Crippen molar-refractivity contribution in [3.05, 3.63) is 35.9 Å². The van der Waals surface area contributed by atoms with E-state index < -0.39 is 0 Å². The van der Waals surface area contributed by atoms with Crippen LogP contribution in [0, 0.1) is 10.8 Å². The molecule has 1 aromatic carbocycles. The maximum Gasteiger partial charge on any atom is 0.0294 e. The van der Waals surface area contributed by atoms with E-state index in [1.807, 2.05) is 0 Å². The molecule has 2 rings (SSSR count). The highest BCUT2D eigenvalue weighted by Gasteiger charge is 2.38. The van der Waals surface area contributed by atoms with Crippen LogP contribution in [0.5, 0.6) is 0 Å². The molecular weight excluding hydrogens is 230 g/mol. The second-order valence-electron chi connectivity index (χ2n) is 7.91. The summed E-state index contributed by atoms with van der Waals surface area (Å²) >= 11 is 0. The Morgan fingerprint density at radius 3 is 2.05 bits per heavy atom. The van der Waals surface area contributed by atoms with Crippen molar-refractivity contribution in [1.82, 2.24) is 5.32 Å². The summed E-state index contributed by atoms with van der Waals surface area (Å²) in [6.45, 7) is 11.9. The van der Waals surface area contributed by atoms with Crippen LogP contribution in [0.15, 0.2) is 30.3 Å². The normalized spacial score (nSPS) is 24.1. The first-order chi connectivity index (χ1) is 8.77. The zero-order valence-corrected chi connectivity index (χ0v) is 13.2. The molecule has 1 fully saturated rings. The van der Waals surface area contributed by atoms with E-state index in [0.29, 0.717) is 22.9 Å². The third kappa shape index (κ3) is 4.07. The van der Waals surface area contributed by atoms with Crippen LogP contribution in [0.25, 0.3) is 0 Å². The van der Waals surface area contributed by atoms with Gasteiger partial charge in [-0.3, -0.25) is 0 Å². The maximum atomic E-state index is 3.85. The van der Waals surface area contributed by atoms with Gasteiger partial charge in [0.2, 0.25) is 0 Å². The zero-order chi connectivity index (χ0) is 14.1. The molecule has 0 heterocycles. The average molecular weight is 259 g/mol. The molecular formula is C18H29N. The first-order valence-corrected chi connectivity index (χ1v) is 7.58. The minimum atomic E-state index is 0.441. The highest BCUT2D eigenvalue weighted by molar-refractivity contribution is 5.18. The fourth-order valence-electron chi connectivity index (χ4n) is 4.16. The highest BCUT2D eigenvalue weighted by Crippen LogP contribution is 2.46. The third-order valence-corrected chi connectivity index (χ3v) is 4.34. The standard InChI is InChI=1S/C18H29N/c1-14(15-9-7-6-8-10-15)19-16-11-17(2,3)13-18(4,5)12-16/h6-10,14,16,19H,11-13H2,1-5H3. The predicted molar refractivity (Wildman–Crippen MR) is 83.2 cm³/mol. The predicted octanol–water partition coefficient (Wildman–Crippen LogP) is 4.94. The summed E-state index contributed by atoms with van der Waals surface area (Å²) in [5, 5.41) is 3.85. The zero-order valence-electron chi connectivity index (χ0n) is 13.2. The lowest BCUT2D eigenvalue weighted by atomic mass is 9.63. The fraction of sp³-hybridized carbons (Fsp3) is 0.667. The van der Waals surface area contributed by atoms with Crippen molar-refractivity contribution >= 4 is 0 Å². The van der Waals surface area contributed by atoms with E-state index in [-0.39, 0.29) is 0 Å². The third-order valence-electron chi connectivity index (χ3n) is 4.34. The van der Waals surface area contributed by atoms with Crippen LogP contribution in [0.3, 0.4) is 0 Å². The Morgan fingerprint density at radius 2 is 1.53 bits per heavy atom. The molecule has 0 saturated heterocycles. The highest BCUT2D eigenvalue weighted by atomic mass is 15.0. The summed E-state index contributed by atoms with van der Waals surface area (Å²) in [5.41, 5.74) is 2.30. The van der Waals surface area contributed by atoms with Gasteiger partial charge in [0.05, 0.1) is 0 Å². The van der Waals surface area contributed by atoms with Gasteiger partial charge in [-0.25, -0.2) is 0 Å². The van der Waals surface area contributed by atoms with E-state index in [2.05, 4.69) is 70.3 Å². The molecule has 1 heteroatoms. The summed E-state index contributed by atoms with van der Waals surface area (Å²) in [7, 11) is 0. The molecule has 0 amide bonds. The van der Waals surface area contributed by atoms with E-state index in [4.69, 9.17) is 0 Å². The molecule has 1 atom stereocenters. The van der Waals surface area contributed by atoms with Gasteiger partial charge in [0, 0.05) is 12.1 Å². The van der Waals surface area contributed by atoms with Crippen LogP contribution >= 0.6 is 0 Å². The van der Waals surface area contributed by atoms with Crippen molar-refractivity contribution in [2.75, 3.05) is 0 Å². The second kappa shape index (κ2) is 5.28. The molecule has 1 aliphatic carbocycles. The summed E-state index contributed by atoms with van der Waals surface area (Å²) in [5.74, 6) is 0. The van der Waals surface area contributed by atoms with E-state index >= 15 is 0 Å². The van der Waals surface area contributed by atoms with Gasteiger partial charge in [-0.15, -0.1) is 0 Å². The van der Waals surface area contributed by atoms with Crippen LogP contribution in [-0.4, -0.2) is 6.04 Å². The Balaban J connectivity index is 2.03. The van der Waals surface area contributed by atoms with E-state index in [1.54, 1.807) is 0 Å². The van der Waals surface area contributed by atoms with Crippen molar-refractivity contribution in [3.8, 4) is 0 Å². The maximum absolute atomic E-state index is 3.85. The largest absolute Gasteiger partial charge is 0.307 e. The lowest BCUT2D eigenvalue weighted by molar-refractivity contribution is 0.0811. The fourth-order valence-corrected chi connectivity index (χ4v) is 4.16. The van der Waals surface area contributed by atoms with Gasteiger partial charge in [-0.2, -0.15) is 0 Å². The van der Waals surface area contributed by atoms with Crippen molar-refractivity contribution < 1.29 is 0 Å². The first kappa shape index (κ1) is 14.6. The van der Waals surface area contributed by atoms with Gasteiger partial charge in [0.25, 0.3) is 0 Å². The summed E-state index contributed by atoms with van der Waals surface area (Å²) < 4.78 is 0. The average Bonchev–Trinajstić information content (AvgIpc) is 2.25. The van der Waals surface area contributed by atoms with E-state index in [9.17, 15) is 0 Å². The molecule has 0 spiro atoms. The number of rotatable bonds is 3. The molecule has 0 aromatic heterocycles. The number of hydrogen-bond donors (Lipinski definition) is 1. The molecule has 106 valence electrons. The SMILES string of the molecule is CC(NC1CC(C)(C)CC(C)(C)C1)c1ccccc1. The van der Waals surface area contributed by atoms with E-state index in [1.165, 1.54) is 24.8 Å². The molecule has 1 unspecified atom stereocenters. The molecule has 1 aliphatic rings. The van der Waals surface area contributed by atoms with Crippen molar-refractivity contribution in [3.63, 3.8) is 0 Å². The minimum Gasteiger partial charge on any atom is -0.307 e. The molecule has 1 N–H and O–H groups in total. The molecule has 0 bridgehead atoms. The van der Waals surface area contributed by atoms with Gasteiger partial charge in [-0.05, 0) is 42.6 Å². The topological polar surface area (TPSA) is 12.0 Å². The quantitative estimate of drug-likeness (QED) is 0.810. The Labute approximate surface area is 118 Å². The Bertz CT molecular complexity index is 389. The van der Waals surface area contributed by atoms with Gasteiger partial charge in [0.15, 0.2) is 0 Å². The van der Waals surface area contributed by atoms with Crippen molar-refractivity contribution in [2.45, 2.75) is 66.0 Å². The second-order valence-corrected chi connectivity index (χ2v) is 7.91. The van der Waals surface area contributed by atoms with Crippen LogP contribution in [0.2, 0.25) is 0 Å². The lowest BCUT2D eigenvalue weighted by Crippen LogP contribution is -2.44.